The Hall–Kier alpha value is -2.54. The summed E-state index contributed by atoms with van der Waals surface area (Å²) in [5.74, 6) is -0.296. The van der Waals surface area contributed by atoms with Crippen LogP contribution in [0.5, 0.6) is 0 Å². The van der Waals surface area contributed by atoms with Gasteiger partial charge in [-0.15, -0.1) is 0 Å². The van der Waals surface area contributed by atoms with Gasteiger partial charge in [0.1, 0.15) is 5.82 Å². The number of rotatable bonds is 4. The Bertz CT molecular complexity index is 899. The molecule has 0 spiro atoms. The second kappa shape index (κ2) is 5.69. The van der Waals surface area contributed by atoms with Gasteiger partial charge in [0.25, 0.3) is 11.2 Å². The summed E-state index contributed by atoms with van der Waals surface area (Å²) in [7, 11) is 0. The number of non-ortho nitro benzene ring substituents is 1. The second-order valence-electron chi connectivity index (χ2n) is 4.81. The Labute approximate surface area is 128 Å². The predicted molar refractivity (Wildman–Crippen MR) is 82.8 cm³/mol. The van der Waals surface area contributed by atoms with Crippen LogP contribution in [-0.4, -0.2) is 8.88 Å². The van der Waals surface area contributed by atoms with Crippen molar-refractivity contribution in [1.29, 1.82) is 0 Å². The third-order valence-corrected chi connectivity index (χ3v) is 4.46. The predicted octanol–water partition coefficient (Wildman–Crippen LogP) is 3.35. The van der Waals surface area contributed by atoms with Crippen LogP contribution >= 0.6 is 11.5 Å². The van der Waals surface area contributed by atoms with E-state index in [2.05, 4.69) is 0 Å². The highest BCUT2D eigenvalue weighted by Gasteiger charge is 2.12. The number of hydrogen-bond acceptors (Lipinski definition) is 4. The summed E-state index contributed by atoms with van der Waals surface area (Å²) in [5.41, 5.74) is 0.744. The molecule has 1 heterocycles. The van der Waals surface area contributed by atoms with E-state index < -0.39 is 4.92 Å². The lowest BCUT2D eigenvalue weighted by Crippen LogP contribution is -2.14. The van der Waals surface area contributed by atoms with Crippen LogP contribution in [0, 0.1) is 15.9 Å². The summed E-state index contributed by atoms with van der Waals surface area (Å²) in [6.45, 7) is 0.456. The molecular formula is C15H11FN2O3S. The average Bonchev–Trinajstić information content (AvgIpc) is 2.82. The first kappa shape index (κ1) is 14.4. The van der Waals surface area contributed by atoms with Crippen molar-refractivity contribution in [2.75, 3.05) is 0 Å². The van der Waals surface area contributed by atoms with Crippen LogP contribution in [-0.2, 0) is 13.0 Å². The molecule has 1 aromatic heterocycles. The molecule has 0 fully saturated rings. The topological polar surface area (TPSA) is 65.1 Å². The number of benzene rings is 2. The summed E-state index contributed by atoms with van der Waals surface area (Å²) in [6.07, 6.45) is 0.592. The van der Waals surface area contributed by atoms with Gasteiger partial charge in [0.2, 0.25) is 0 Å². The van der Waals surface area contributed by atoms with Gasteiger partial charge in [0.15, 0.2) is 0 Å². The van der Waals surface area contributed by atoms with E-state index in [4.69, 9.17) is 0 Å². The van der Waals surface area contributed by atoms with Crippen molar-refractivity contribution >= 4 is 27.3 Å². The highest BCUT2D eigenvalue weighted by atomic mass is 32.1. The van der Waals surface area contributed by atoms with E-state index in [-0.39, 0.29) is 17.1 Å². The molecule has 3 aromatic rings. The van der Waals surface area contributed by atoms with Crippen LogP contribution < -0.4 is 5.56 Å². The number of nitro groups is 1. The van der Waals surface area contributed by atoms with Crippen LogP contribution in [0.4, 0.5) is 10.1 Å². The molecule has 0 unspecified atom stereocenters. The lowest BCUT2D eigenvalue weighted by molar-refractivity contribution is -0.384. The SMILES string of the molecule is O=c1c2ccc([N+](=O)[O-])cc2sn1CCc1ccc(F)cc1. The van der Waals surface area contributed by atoms with Crippen molar-refractivity contribution in [3.8, 4) is 0 Å². The molecule has 0 aliphatic rings. The number of fused-ring (bicyclic) bond motifs is 1. The lowest BCUT2D eigenvalue weighted by Gasteiger charge is -2.01. The molecule has 112 valence electrons. The van der Waals surface area contributed by atoms with E-state index in [1.165, 1.54) is 41.9 Å². The summed E-state index contributed by atoms with van der Waals surface area (Å²) >= 11 is 1.20. The third kappa shape index (κ3) is 2.75. The van der Waals surface area contributed by atoms with Crippen LogP contribution in [0.25, 0.3) is 10.1 Å². The second-order valence-corrected chi connectivity index (χ2v) is 5.88. The lowest BCUT2D eigenvalue weighted by atomic mass is 10.1. The molecule has 0 saturated carbocycles. The molecule has 7 heteroatoms. The first-order valence-electron chi connectivity index (χ1n) is 6.57. The van der Waals surface area contributed by atoms with E-state index in [9.17, 15) is 19.3 Å². The van der Waals surface area contributed by atoms with Crippen molar-refractivity contribution in [2.24, 2.45) is 0 Å². The molecule has 0 bridgehead atoms. The zero-order chi connectivity index (χ0) is 15.7. The van der Waals surface area contributed by atoms with E-state index in [0.717, 1.165) is 5.56 Å². The number of aryl methyl sites for hydroxylation is 2. The maximum atomic E-state index is 12.8. The summed E-state index contributed by atoms with van der Waals surface area (Å²) in [6, 6.07) is 10.4. The zero-order valence-electron chi connectivity index (χ0n) is 11.4. The summed E-state index contributed by atoms with van der Waals surface area (Å²) in [4.78, 5) is 22.5. The van der Waals surface area contributed by atoms with Crippen molar-refractivity contribution in [3.05, 3.63) is 74.3 Å². The molecule has 22 heavy (non-hydrogen) atoms. The molecule has 2 aromatic carbocycles. The quantitative estimate of drug-likeness (QED) is 0.547. The van der Waals surface area contributed by atoms with E-state index in [1.807, 2.05) is 0 Å². The van der Waals surface area contributed by atoms with Gasteiger partial charge in [-0.25, -0.2) is 4.39 Å². The fourth-order valence-corrected chi connectivity index (χ4v) is 3.23. The molecule has 0 aliphatic heterocycles. The fourth-order valence-electron chi connectivity index (χ4n) is 2.20. The highest BCUT2D eigenvalue weighted by Crippen LogP contribution is 2.22. The normalized spacial score (nSPS) is 11.0. The first-order valence-corrected chi connectivity index (χ1v) is 7.34. The molecular weight excluding hydrogens is 307 g/mol. The van der Waals surface area contributed by atoms with Crippen molar-refractivity contribution in [1.82, 2.24) is 3.96 Å². The van der Waals surface area contributed by atoms with Crippen LogP contribution in [0.2, 0.25) is 0 Å². The van der Waals surface area contributed by atoms with Crippen LogP contribution in [0.15, 0.2) is 47.3 Å². The zero-order valence-corrected chi connectivity index (χ0v) is 12.2. The minimum Gasteiger partial charge on any atom is -0.268 e. The van der Waals surface area contributed by atoms with E-state index in [0.29, 0.717) is 23.1 Å². The van der Waals surface area contributed by atoms with E-state index >= 15 is 0 Å². The fraction of sp³-hybridized carbons (Fsp3) is 0.133. The maximum absolute atomic E-state index is 12.8. The smallest absolute Gasteiger partial charge is 0.268 e. The monoisotopic (exact) mass is 318 g/mol. The molecule has 0 aliphatic carbocycles. The van der Waals surface area contributed by atoms with Gasteiger partial charge in [0, 0.05) is 18.7 Å². The van der Waals surface area contributed by atoms with Gasteiger partial charge in [-0.05, 0) is 30.2 Å². The Kier molecular flexibility index (Phi) is 3.72. The van der Waals surface area contributed by atoms with Crippen molar-refractivity contribution < 1.29 is 9.31 Å². The molecule has 0 saturated heterocycles. The van der Waals surface area contributed by atoms with Gasteiger partial charge < -0.3 is 0 Å². The van der Waals surface area contributed by atoms with Crippen molar-refractivity contribution in [2.45, 2.75) is 13.0 Å². The third-order valence-electron chi connectivity index (χ3n) is 3.36. The number of aromatic nitrogens is 1. The number of nitrogens with zero attached hydrogens (tertiary/aromatic N) is 2. The summed E-state index contributed by atoms with van der Waals surface area (Å²) in [5, 5.41) is 11.3. The minimum atomic E-state index is -0.480. The van der Waals surface area contributed by atoms with Crippen molar-refractivity contribution in [3.63, 3.8) is 0 Å². The van der Waals surface area contributed by atoms with Crippen LogP contribution in [0.3, 0.4) is 0 Å². The number of halogens is 1. The standard InChI is InChI=1S/C15H11FN2O3S/c16-11-3-1-10(2-4-11)7-8-17-15(19)13-6-5-12(18(20)21)9-14(13)22-17/h1-6,9H,7-8H2. The maximum Gasteiger partial charge on any atom is 0.270 e. The number of nitro benzene ring substituents is 1. The minimum absolute atomic E-state index is 0.0283. The molecule has 0 atom stereocenters. The average molecular weight is 318 g/mol. The van der Waals surface area contributed by atoms with E-state index in [1.54, 1.807) is 16.1 Å². The molecule has 0 radical (unpaired) electrons. The molecule has 0 N–H and O–H groups in total. The van der Waals surface area contributed by atoms with Gasteiger partial charge in [-0.1, -0.05) is 23.7 Å². The number of hydrogen-bond donors (Lipinski definition) is 0. The molecule has 3 rings (SSSR count). The summed E-state index contributed by atoms with van der Waals surface area (Å²) < 4.78 is 15.0. The first-order chi connectivity index (χ1) is 10.5. The largest absolute Gasteiger partial charge is 0.270 e. The molecule has 0 amide bonds. The Morgan fingerprint density at radius 1 is 1.18 bits per heavy atom. The Morgan fingerprint density at radius 3 is 2.59 bits per heavy atom. The van der Waals surface area contributed by atoms with Gasteiger partial charge >= 0.3 is 0 Å². The Morgan fingerprint density at radius 2 is 1.91 bits per heavy atom. The highest BCUT2D eigenvalue weighted by molar-refractivity contribution is 7.13. The van der Waals surface area contributed by atoms with Gasteiger partial charge in [-0.3, -0.25) is 18.9 Å². The van der Waals surface area contributed by atoms with Gasteiger partial charge in [-0.2, -0.15) is 0 Å². The Balaban J connectivity index is 1.87. The van der Waals surface area contributed by atoms with Crippen LogP contribution in [0.1, 0.15) is 5.56 Å². The van der Waals surface area contributed by atoms with Gasteiger partial charge in [0.05, 0.1) is 15.0 Å². The molecule has 5 nitrogen and oxygen atoms in total.